The normalized spacial score (nSPS) is 14.2. The van der Waals surface area contributed by atoms with Gasteiger partial charge in [0.2, 0.25) is 0 Å². The van der Waals surface area contributed by atoms with Gasteiger partial charge in [-0.25, -0.2) is 4.39 Å². The number of rotatable bonds is 3. The van der Waals surface area contributed by atoms with Gasteiger partial charge in [0.1, 0.15) is 5.82 Å². The first-order chi connectivity index (χ1) is 8.92. The van der Waals surface area contributed by atoms with E-state index in [2.05, 4.69) is 0 Å². The highest BCUT2D eigenvalue weighted by Crippen LogP contribution is 2.29. The smallest absolute Gasteiger partial charge is 0.142 e. The van der Waals surface area contributed by atoms with Gasteiger partial charge in [0.05, 0.1) is 5.02 Å². The number of hydrogen-bond donors (Lipinski definition) is 1. The lowest BCUT2D eigenvalue weighted by Gasteiger charge is -2.27. The number of halogens is 2. The molecule has 100 valence electrons. The molecule has 3 heteroatoms. The van der Waals surface area contributed by atoms with Gasteiger partial charge in [-0.3, -0.25) is 0 Å². The summed E-state index contributed by atoms with van der Waals surface area (Å²) >= 11 is 6.00. The van der Waals surface area contributed by atoms with E-state index in [1.807, 2.05) is 44.2 Å². The Morgan fingerprint density at radius 3 is 2.53 bits per heavy atom. The second-order valence-corrected chi connectivity index (χ2v) is 5.50. The molecule has 2 aromatic carbocycles. The van der Waals surface area contributed by atoms with Crippen LogP contribution in [0, 0.1) is 12.7 Å². The van der Waals surface area contributed by atoms with E-state index in [9.17, 15) is 4.39 Å². The Morgan fingerprint density at radius 2 is 1.84 bits per heavy atom. The molecular weight excluding hydrogens is 261 g/mol. The maximum Gasteiger partial charge on any atom is 0.142 e. The topological polar surface area (TPSA) is 26.0 Å². The Balaban J connectivity index is 2.36. The highest BCUT2D eigenvalue weighted by atomic mass is 35.5. The summed E-state index contributed by atoms with van der Waals surface area (Å²) in [6, 6.07) is 12.8. The molecule has 0 amide bonds. The molecule has 19 heavy (non-hydrogen) atoms. The zero-order valence-electron chi connectivity index (χ0n) is 11.1. The monoisotopic (exact) mass is 277 g/mol. The van der Waals surface area contributed by atoms with E-state index in [1.165, 1.54) is 6.07 Å². The number of nitrogens with two attached hydrogens (primary N) is 1. The van der Waals surface area contributed by atoms with Gasteiger partial charge in [-0.15, -0.1) is 0 Å². The summed E-state index contributed by atoms with van der Waals surface area (Å²) in [7, 11) is 0. The molecule has 0 aliphatic carbocycles. The second kappa shape index (κ2) is 5.32. The molecule has 0 aromatic heterocycles. The van der Waals surface area contributed by atoms with Gasteiger partial charge >= 0.3 is 0 Å². The van der Waals surface area contributed by atoms with E-state index in [-0.39, 0.29) is 5.02 Å². The standard InChI is InChI=1S/C16H17ClFN/c1-11-6-3-4-8-13(11)16(2,19)10-12-7-5-9-14(18)15(12)17/h3-9H,10,19H2,1-2H3. The fourth-order valence-electron chi connectivity index (χ4n) is 2.39. The summed E-state index contributed by atoms with van der Waals surface area (Å²) in [5, 5.41) is 0.160. The van der Waals surface area contributed by atoms with Crippen LogP contribution in [0.4, 0.5) is 4.39 Å². The van der Waals surface area contributed by atoms with Crippen molar-refractivity contribution in [2.24, 2.45) is 5.73 Å². The summed E-state index contributed by atoms with van der Waals surface area (Å²) in [5.74, 6) is -0.403. The molecule has 2 N–H and O–H groups in total. The van der Waals surface area contributed by atoms with E-state index in [1.54, 1.807) is 6.07 Å². The maximum atomic E-state index is 13.5. The fraction of sp³-hybridized carbons (Fsp3) is 0.250. The molecule has 1 atom stereocenters. The van der Waals surface area contributed by atoms with Crippen molar-refractivity contribution in [1.29, 1.82) is 0 Å². The van der Waals surface area contributed by atoms with Crippen molar-refractivity contribution < 1.29 is 4.39 Å². The summed E-state index contributed by atoms with van der Waals surface area (Å²) in [6.07, 6.45) is 0.494. The quantitative estimate of drug-likeness (QED) is 0.894. The van der Waals surface area contributed by atoms with Gasteiger partial charge in [0.15, 0.2) is 0 Å². The molecule has 2 aromatic rings. The lowest BCUT2D eigenvalue weighted by Crippen LogP contribution is -2.36. The zero-order valence-corrected chi connectivity index (χ0v) is 11.8. The van der Waals surface area contributed by atoms with Crippen molar-refractivity contribution in [3.63, 3.8) is 0 Å². The minimum Gasteiger partial charge on any atom is -0.321 e. The van der Waals surface area contributed by atoms with Crippen LogP contribution in [0.25, 0.3) is 0 Å². The maximum absolute atomic E-state index is 13.5. The molecule has 1 nitrogen and oxygen atoms in total. The molecule has 0 spiro atoms. The van der Waals surface area contributed by atoms with Crippen molar-refractivity contribution in [1.82, 2.24) is 0 Å². The lowest BCUT2D eigenvalue weighted by molar-refractivity contribution is 0.487. The van der Waals surface area contributed by atoms with Gasteiger partial charge in [-0.1, -0.05) is 48.0 Å². The van der Waals surface area contributed by atoms with Crippen LogP contribution < -0.4 is 5.73 Å². The molecule has 0 saturated heterocycles. The van der Waals surface area contributed by atoms with Crippen LogP contribution in [-0.4, -0.2) is 0 Å². The Morgan fingerprint density at radius 1 is 1.16 bits per heavy atom. The van der Waals surface area contributed by atoms with Crippen LogP contribution in [0.3, 0.4) is 0 Å². The van der Waals surface area contributed by atoms with E-state index < -0.39 is 11.4 Å². The van der Waals surface area contributed by atoms with Gasteiger partial charge in [-0.2, -0.15) is 0 Å². The van der Waals surface area contributed by atoms with Crippen LogP contribution >= 0.6 is 11.6 Å². The Labute approximate surface area is 118 Å². The van der Waals surface area contributed by atoms with E-state index in [0.29, 0.717) is 6.42 Å². The molecule has 0 bridgehead atoms. The predicted octanol–water partition coefficient (Wildman–Crippen LogP) is 4.20. The highest BCUT2D eigenvalue weighted by Gasteiger charge is 2.24. The second-order valence-electron chi connectivity index (χ2n) is 5.12. The van der Waals surface area contributed by atoms with Crippen molar-refractivity contribution in [3.8, 4) is 0 Å². The molecular formula is C16H17ClFN. The van der Waals surface area contributed by atoms with Crippen LogP contribution in [0.5, 0.6) is 0 Å². The van der Waals surface area contributed by atoms with Gasteiger partial charge in [-0.05, 0) is 43.0 Å². The summed E-state index contributed by atoms with van der Waals surface area (Å²) in [5.41, 5.74) is 8.74. The van der Waals surface area contributed by atoms with Crippen LogP contribution in [-0.2, 0) is 12.0 Å². The van der Waals surface area contributed by atoms with Crippen molar-refractivity contribution in [2.45, 2.75) is 25.8 Å². The van der Waals surface area contributed by atoms with Crippen molar-refractivity contribution in [3.05, 3.63) is 70.0 Å². The zero-order chi connectivity index (χ0) is 14.0. The van der Waals surface area contributed by atoms with Crippen LogP contribution in [0.2, 0.25) is 5.02 Å². The minimum absolute atomic E-state index is 0.160. The lowest BCUT2D eigenvalue weighted by atomic mass is 9.84. The molecule has 1 unspecified atom stereocenters. The molecule has 0 aliphatic heterocycles. The molecule has 0 heterocycles. The molecule has 0 saturated carbocycles. The molecule has 2 rings (SSSR count). The van der Waals surface area contributed by atoms with Gasteiger partial charge in [0.25, 0.3) is 0 Å². The third kappa shape index (κ3) is 2.96. The van der Waals surface area contributed by atoms with E-state index in [0.717, 1.165) is 16.7 Å². The Hall–Kier alpha value is -1.38. The third-order valence-corrected chi connectivity index (χ3v) is 3.77. The van der Waals surface area contributed by atoms with E-state index in [4.69, 9.17) is 17.3 Å². The third-order valence-electron chi connectivity index (χ3n) is 3.35. The van der Waals surface area contributed by atoms with E-state index >= 15 is 0 Å². The average Bonchev–Trinajstić information content (AvgIpc) is 2.35. The predicted molar refractivity (Wildman–Crippen MR) is 77.8 cm³/mol. The highest BCUT2D eigenvalue weighted by molar-refractivity contribution is 6.31. The summed E-state index contributed by atoms with van der Waals surface area (Å²) < 4.78 is 13.5. The fourth-order valence-corrected chi connectivity index (χ4v) is 2.58. The molecule has 0 aliphatic rings. The minimum atomic E-state index is -0.581. The van der Waals surface area contributed by atoms with Gasteiger partial charge in [0, 0.05) is 5.54 Å². The Kier molecular flexibility index (Phi) is 3.93. The Bertz CT molecular complexity index is 593. The first kappa shape index (κ1) is 14.0. The molecule has 0 radical (unpaired) electrons. The number of benzene rings is 2. The number of aryl methyl sites for hydroxylation is 1. The van der Waals surface area contributed by atoms with Crippen molar-refractivity contribution in [2.75, 3.05) is 0 Å². The van der Waals surface area contributed by atoms with Gasteiger partial charge < -0.3 is 5.73 Å². The number of hydrogen-bond acceptors (Lipinski definition) is 1. The van der Waals surface area contributed by atoms with Crippen LogP contribution in [0.15, 0.2) is 42.5 Å². The largest absolute Gasteiger partial charge is 0.321 e. The summed E-state index contributed by atoms with van der Waals surface area (Å²) in [4.78, 5) is 0. The summed E-state index contributed by atoms with van der Waals surface area (Å²) in [6.45, 7) is 3.96. The van der Waals surface area contributed by atoms with Crippen LogP contribution in [0.1, 0.15) is 23.6 Å². The first-order valence-electron chi connectivity index (χ1n) is 6.20. The first-order valence-corrected chi connectivity index (χ1v) is 6.57. The average molecular weight is 278 g/mol. The SMILES string of the molecule is Cc1ccccc1C(C)(N)Cc1cccc(F)c1Cl. The molecule has 0 fully saturated rings. The van der Waals surface area contributed by atoms with Crippen molar-refractivity contribution >= 4 is 11.6 Å².